The summed E-state index contributed by atoms with van der Waals surface area (Å²) in [5.41, 5.74) is 5.34. The molecule has 0 aliphatic heterocycles. The van der Waals surface area contributed by atoms with E-state index in [1.54, 1.807) is 0 Å². The third kappa shape index (κ3) is 36.6. The molecule has 4 N–H and O–H groups in total. The Morgan fingerprint density at radius 3 is 1.61 bits per heavy atom. The van der Waals surface area contributed by atoms with Crippen molar-refractivity contribution in [2.75, 3.05) is 26.4 Å². The number of carboxylic acid groups (broad SMARTS) is 1. The zero-order valence-corrected chi connectivity index (χ0v) is 33.3. The number of nitrogens with two attached hydrogens (primary N) is 1. The second-order valence-electron chi connectivity index (χ2n) is 13.8. The van der Waals surface area contributed by atoms with Crippen molar-refractivity contribution in [1.82, 2.24) is 0 Å². The third-order valence-electron chi connectivity index (χ3n) is 8.73. The fourth-order valence-corrected chi connectivity index (χ4v) is 6.29. The summed E-state index contributed by atoms with van der Waals surface area (Å²) < 4.78 is 33.3. The van der Waals surface area contributed by atoms with Gasteiger partial charge in [-0.2, -0.15) is 0 Å². The number of aliphatic carboxylic acids is 1. The number of unbranched alkanes of at least 4 members (excludes halogenated alkanes) is 21. The Balaban J connectivity index is 4.29. The molecule has 51 heavy (non-hydrogen) atoms. The van der Waals surface area contributed by atoms with E-state index in [4.69, 9.17) is 29.4 Å². The molecule has 11 heteroatoms. The summed E-state index contributed by atoms with van der Waals surface area (Å²) in [5.74, 6) is -1.79. The average molecular weight is 746 g/mol. The van der Waals surface area contributed by atoms with E-state index in [1.165, 1.54) is 96.3 Å². The van der Waals surface area contributed by atoms with Gasteiger partial charge in [0.25, 0.3) is 0 Å². The van der Waals surface area contributed by atoms with Gasteiger partial charge in [-0.05, 0) is 44.9 Å². The summed E-state index contributed by atoms with van der Waals surface area (Å²) in [6.07, 6.45) is 37.9. The molecule has 0 aromatic heterocycles. The zero-order valence-electron chi connectivity index (χ0n) is 32.5. The standard InChI is InChI=1S/C40H76NO9P/c1-3-5-7-9-11-13-15-17-18-19-20-22-24-26-28-30-32-39(42)50-37(35-48-51(45,46)49-36-38(41)40(43)44)34-47-33-31-29-27-25-23-21-16-14-12-10-8-6-4-2/h13,15,18-19,37-38H,3-12,14,16-17,20-36,41H2,1-2H3,(H,43,44)(H,45,46)/b15-13-,19-18-. The van der Waals surface area contributed by atoms with Gasteiger partial charge in [0.15, 0.2) is 0 Å². The highest BCUT2D eigenvalue weighted by atomic mass is 31.2. The van der Waals surface area contributed by atoms with Crippen LogP contribution >= 0.6 is 7.82 Å². The molecule has 0 rings (SSSR count). The molecule has 10 nitrogen and oxygen atoms in total. The molecular weight excluding hydrogens is 669 g/mol. The lowest BCUT2D eigenvalue weighted by Crippen LogP contribution is -2.34. The van der Waals surface area contributed by atoms with Crippen LogP contribution in [0, 0.1) is 0 Å². The molecule has 300 valence electrons. The van der Waals surface area contributed by atoms with Crippen LogP contribution in [0.25, 0.3) is 0 Å². The third-order valence-corrected chi connectivity index (χ3v) is 9.68. The summed E-state index contributed by atoms with van der Waals surface area (Å²) in [6.45, 7) is 3.85. The molecule has 0 aromatic rings. The highest BCUT2D eigenvalue weighted by Gasteiger charge is 2.27. The van der Waals surface area contributed by atoms with E-state index in [1.807, 2.05) is 0 Å². The predicted molar refractivity (Wildman–Crippen MR) is 208 cm³/mol. The molecule has 0 aliphatic carbocycles. The second-order valence-corrected chi connectivity index (χ2v) is 15.2. The molecule has 0 amide bonds. The van der Waals surface area contributed by atoms with Gasteiger partial charge < -0.3 is 25.2 Å². The van der Waals surface area contributed by atoms with E-state index in [0.717, 1.165) is 57.8 Å². The van der Waals surface area contributed by atoms with Crippen molar-refractivity contribution < 1.29 is 42.7 Å². The molecule has 0 saturated carbocycles. The van der Waals surface area contributed by atoms with E-state index in [2.05, 4.69) is 38.2 Å². The fourth-order valence-electron chi connectivity index (χ4n) is 5.52. The quantitative estimate of drug-likeness (QED) is 0.0240. The van der Waals surface area contributed by atoms with Gasteiger partial charge in [0, 0.05) is 13.0 Å². The predicted octanol–water partition coefficient (Wildman–Crippen LogP) is 10.8. The fraction of sp³-hybridized carbons (Fsp3) is 0.850. The van der Waals surface area contributed by atoms with Crippen molar-refractivity contribution in [2.24, 2.45) is 5.73 Å². The number of carbonyl (C=O) groups is 2. The van der Waals surface area contributed by atoms with Crippen LogP contribution < -0.4 is 5.73 Å². The van der Waals surface area contributed by atoms with Gasteiger partial charge in [0.05, 0.1) is 19.8 Å². The van der Waals surface area contributed by atoms with Gasteiger partial charge in [-0.1, -0.05) is 154 Å². The summed E-state index contributed by atoms with van der Waals surface area (Å²) in [6, 6.07) is -1.47. The molecule has 0 radical (unpaired) electrons. The number of phosphoric acid groups is 1. The molecule has 3 unspecified atom stereocenters. The zero-order chi connectivity index (χ0) is 37.7. The Kier molecular flexibility index (Phi) is 35.7. The van der Waals surface area contributed by atoms with E-state index in [0.29, 0.717) is 13.0 Å². The summed E-state index contributed by atoms with van der Waals surface area (Å²) >= 11 is 0. The number of ether oxygens (including phenoxy) is 2. The van der Waals surface area contributed by atoms with Crippen LogP contribution in [-0.4, -0.2) is 60.5 Å². The van der Waals surface area contributed by atoms with Crippen molar-refractivity contribution in [3.8, 4) is 0 Å². The van der Waals surface area contributed by atoms with E-state index < -0.39 is 45.1 Å². The molecular formula is C40H76NO9P. The number of carboxylic acids is 1. The number of hydrogen-bond acceptors (Lipinski definition) is 8. The van der Waals surface area contributed by atoms with Crippen LogP contribution in [0.1, 0.15) is 181 Å². The first-order valence-corrected chi connectivity index (χ1v) is 21.9. The van der Waals surface area contributed by atoms with Crippen molar-refractivity contribution in [3.05, 3.63) is 24.3 Å². The van der Waals surface area contributed by atoms with Crippen LogP contribution in [0.5, 0.6) is 0 Å². The Bertz CT molecular complexity index is 914. The first kappa shape index (κ1) is 49.5. The average Bonchev–Trinajstić information content (AvgIpc) is 3.10. The molecule has 0 aliphatic rings. The number of allylic oxidation sites excluding steroid dienone is 4. The van der Waals surface area contributed by atoms with Gasteiger partial charge in [-0.25, -0.2) is 4.57 Å². The number of esters is 1. The molecule has 0 saturated heterocycles. The van der Waals surface area contributed by atoms with Gasteiger partial charge in [0.2, 0.25) is 0 Å². The summed E-state index contributed by atoms with van der Waals surface area (Å²) in [7, 11) is -4.61. The Hall–Kier alpha value is -1.55. The largest absolute Gasteiger partial charge is 0.480 e. The Labute approximate surface area is 311 Å². The van der Waals surface area contributed by atoms with Gasteiger partial charge in [-0.3, -0.25) is 18.6 Å². The van der Waals surface area contributed by atoms with Crippen molar-refractivity contribution in [2.45, 2.75) is 193 Å². The lowest BCUT2D eigenvalue weighted by molar-refractivity contribution is -0.154. The summed E-state index contributed by atoms with van der Waals surface area (Å²) in [4.78, 5) is 33.4. The molecule has 0 spiro atoms. The molecule has 0 heterocycles. The SMILES string of the molecule is CCCCCC/C=C\C/C=C\CCCCCCCC(=O)OC(COCCCCCCCCCCCCCCC)COP(=O)(O)OCC(N)C(=O)O. The lowest BCUT2D eigenvalue weighted by Gasteiger charge is -2.20. The minimum Gasteiger partial charge on any atom is -0.480 e. The van der Waals surface area contributed by atoms with E-state index >= 15 is 0 Å². The second kappa shape index (κ2) is 36.8. The highest BCUT2D eigenvalue weighted by Crippen LogP contribution is 2.43. The number of hydrogen-bond donors (Lipinski definition) is 3. The Morgan fingerprint density at radius 1 is 0.627 bits per heavy atom. The molecule has 3 atom stereocenters. The summed E-state index contributed by atoms with van der Waals surface area (Å²) in [5, 5.41) is 8.87. The van der Waals surface area contributed by atoms with Crippen LogP contribution in [0.2, 0.25) is 0 Å². The van der Waals surface area contributed by atoms with Crippen LogP contribution in [0.4, 0.5) is 0 Å². The normalized spacial score (nSPS) is 14.3. The first-order chi connectivity index (χ1) is 24.7. The van der Waals surface area contributed by atoms with E-state index in [-0.39, 0.29) is 13.0 Å². The van der Waals surface area contributed by atoms with Crippen LogP contribution in [0.15, 0.2) is 24.3 Å². The van der Waals surface area contributed by atoms with Gasteiger partial charge >= 0.3 is 19.8 Å². The molecule has 0 aromatic carbocycles. The monoisotopic (exact) mass is 746 g/mol. The van der Waals surface area contributed by atoms with Crippen molar-refractivity contribution in [3.63, 3.8) is 0 Å². The highest BCUT2D eigenvalue weighted by molar-refractivity contribution is 7.47. The van der Waals surface area contributed by atoms with E-state index in [9.17, 15) is 19.0 Å². The molecule has 0 fully saturated rings. The maximum absolute atomic E-state index is 12.6. The topological polar surface area (TPSA) is 155 Å². The minimum absolute atomic E-state index is 0.0148. The Morgan fingerprint density at radius 2 is 1.08 bits per heavy atom. The van der Waals surface area contributed by atoms with Crippen molar-refractivity contribution in [1.29, 1.82) is 0 Å². The minimum atomic E-state index is -4.61. The number of rotatable bonds is 39. The number of carbonyl (C=O) groups excluding carboxylic acids is 1. The van der Waals surface area contributed by atoms with Crippen molar-refractivity contribution >= 4 is 19.8 Å². The van der Waals surface area contributed by atoms with Gasteiger partial charge in [-0.15, -0.1) is 0 Å². The lowest BCUT2D eigenvalue weighted by atomic mass is 10.0. The van der Waals surface area contributed by atoms with Crippen LogP contribution in [0.3, 0.4) is 0 Å². The first-order valence-electron chi connectivity index (χ1n) is 20.4. The maximum Gasteiger partial charge on any atom is 0.472 e. The maximum atomic E-state index is 12.6. The van der Waals surface area contributed by atoms with Gasteiger partial charge in [0.1, 0.15) is 12.1 Å². The molecule has 0 bridgehead atoms. The van der Waals surface area contributed by atoms with Crippen LogP contribution in [-0.2, 0) is 32.7 Å². The smallest absolute Gasteiger partial charge is 0.472 e. The number of phosphoric ester groups is 1.